The lowest BCUT2D eigenvalue weighted by Crippen LogP contribution is -2.55. The largest absolute Gasteiger partial charge is 0.480 e. The number of nitrogens with zero attached hydrogens (tertiary/aromatic N) is 1. The Hall–Kier alpha value is -2.12. The van der Waals surface area contributed by atoms with E-state index < -0.39 is 35.9 Å². The minimum atomic E-state index is -1.25. The fraction of sp³-hybridized carbons (Fsp3) is 0.636. The monoisotopic (exact) mass is 269 g/mol. The van der Waals surface area contributed by atoms with Crippen molar-refractivity contribution in [3.8, 4) is 0 Å². The van der Waals surface area contributed by atoms with Gasteiger partial charge >= 0.3 is 12.0 Å². The first-order valence-electron chi connectivity index (χ1n) is 6.07. The highest BCUT2D eigenvalue weighted by Gasteiger charge is 2.43. The standard InChI is InChI=1S/C11H15N3O5/c15-7(6-14-8(16)5-12-10(14)19)13-11(9(17)18)3-1-2-4-11/h1-6H2,(H,12,19)(H,13,15)(H,17,18). The van der Waals surface area contributed by atoms with Crippen LogP contribution in [-0.4, -0.2) is 52.4 Å². The van der Waals surface area contributed by atoms with Crippen LogP contribution in [0, 0.1) is 0 Å². The lowest BCUT2D eigenvalue weighted by atomic mass is 9.98. The molecule has 4 amide bonds. The van der Waals surface area contributed by atoms with Crippen molar-refractivity contribution in [2.24, 2.45) is 0 Å². The van der Waals surface area contributed by atoms with Crippen LogP contribution in [0.3, 0.4) is 0 Å². The zero-order valence-electron chi connectivity index (χ0n) is 10.3. The maximum Gasteiger partial charge on any atom is 0.329 e. The van der Waals surface area contributed by atoms with Gasteiger partial charge in [0.1, 0.15) is 12.1 Å². The molecule has 0 atom stereocenters. The molecule has 1 saturated carbocycles. The van der Waals surface area contributed by atoms with Crippen LogP contribution in [0.15, 0.2) is 0 Å². The van der Waals surface area contributed by atoms with Gasteiger partial charge in [0, 0.05) is 0 Å². The first kappa shape index (κ1) is 13.3. The van der Waals surface area contributed by atoms with E-state index in [2.05, 4.69) is 10.6 Å². The molecule has 0 aromatic rings. The van der Waals surface area contributed by atoms with Gasteiger partial charge < -0.3 is 15.7 Å². The van der Waals surface area contributed by atoms with Gasteiger partial charge in [0.05, 0.1) is 6.54 Å². The maximum absolute atomic E-state index is 11.8. The molecule has 0 spiro atoms. The van der Waals surface area contributed by atoms with Crippen molar-refractivity contribution in [2.45, 2.75) is 31.2 Å². The Morgan fingerprint density at radius 2 is 1.95 bits per heavy atom. The number of hydrogen-bond donors (Lipinski definition) is 3. The van der Waals surface area contributed by atoms with Crippen molar-refractivity contribution in [3.05, 3.63) is 0 Å². The van der Waals surface area contributed by atoms with E-state index >= 15 is 0 Å². The van der Waals surface area contributed by atoms with Gasteiger partial charge in [-0.1, -0.05) is 12.8 Å². The van der Waals surface area contributed by atoms with Gasteiger partial charge in [0.15, 0.2) is 0 Å². The smallest absolute Gasteiger partial charge is 0.329 e. The molecule has 0 bridgehead atoms. The van der Waals surface area contributed by atoms with Gasteiger partial charge in [0.2, 0.25) is 5.91 Å². The van der Waals surface area contributed by atoms with E-state index in [1.165, 1.54) is 0 Å². The summed E-state index contributed by atoms with van der Waals surface area (Å²) in [4.78, 5) is 46.4. The molecule has 2 rings (SSSR count). The molecule has 0 radical (unpaired) electrons. The highest BCUT2D eigenvalue weighted by Crippen LogP contribution is 2.29. The average molecular weight is 269 g/mol. The second kappa shape index (κ2) is 4.87. The van der Waals surface area contributed by atoms with Crippen LogP contribution in [0.2, 0.25) is 0 Å². The van der Waals surface area contributed by atoms with Crippen LogP contribution in [0.25, 0.3) is 0 Å². The second-order valence-corrected chi connectivity index (χ2v) is 4.78. The maximum atomic E-state index is 11.8. The highest BCUT2D eigenvalue weighted by molar-refractivity contribution is 6.04. The third-order valence-corrected chi connectivity index (χ3v) is 3.48. The zero-order valence-corrected chi connectivity index (χ0v) is 10.3. The van der Waals surface area contributed by atoms with Crippen LogP contribution < -0.4 is 10.6 Å². The molecule has 3 N–H and O–H groups in total. The van der Waals surface area contributed by atoms with E-state index in [4.69, 9.17) is 0 Å². The number of imide groups is 1. The van der Waals surface area contributed by atoms with Gasteiger partial charge in [-0.05, 0) is 12.8 Å². The Kier molecular flexibility index (Phi) is 3.41. The summed E-state index contributed by atoms with van der Waals surface area (Å²) >= 11 is 0. The number of carbonyl (C=O) groups is 4. The number of rotatable bonds is 4. The van der Waals surface area contributed by atoms with E-state index in [0.29, 0.717) is 12.8 Å². The van der Waals surface area contributed by atoms with Crippen molar-refractivity contribution < 1.29 is 24.3 Å². The quantitative estimate of drug-likeness (QED) is 0.569. The Morgan fingerprint density at radius 3 is 2.42 bits per heavy atom. The predicted molar refractivity (Wildman–Crippen MR) is 62.1 cm³/mol. The molecule has 1 aliphatic carbocycles. The van der Waals surface area contributed by atoms with Gasteiger partial charge in [-0.2, -0.15) is 0 Å². The van der Waals surface area contributed by atoms with Crippen molar-refractivity contribution in [1.82, 2.24) is 15.5 Å². The van der Waals surface area contributed by atoms with Crippen molar-refractivity contribution in [1.29, 1.82) is 0 Å². The van der Waals surface area contributed by atoms with Crippen LogP contribution in [0.5, 0.6) is 0 Å². The third-order valence-electron chi connectivity index (χ3n) is 3.48. The van der Waals surface area contributed by atoms with Crippen molar-refractivity contribution in [2.75, 3.05) is 13.1 Å². The summed E-state index contributed by atoms with van der Waals surface area (Å²) < 4.78 is 0. The summed E-state index contributed by atoms with van der Waals surface area (Å²) in [6, 6.07) is -0.629. The van der Waals surface area contributed by atoms with Gasteiger partial charge in [-0.15, -0.1) is 0 Å². The molecule has 8 heteroatoms. The fourth-order valence-electron chi connectivity index (χ4n) is 2.44. The Morgan fingerprint density at radius 1 is 1.32 bits per heavy atom. The molecule has 19 heavy (non-hydrogen) atoms. The van der Waals surface area contributed by atoms with E-state index in [1.807, 2.05) is 0 Å². The number of amides is 4. The minimum Gasteiger partial charge on any atom is -0.480 e. The second-order valence-electron chi connectivity index (χ2n) is 4.78. The Balaban J connectivity index is 1.99. The SMILES string of the molecule is O=C(CN1C(=O)CNC1=O)NC1(C(=O)O)CCCC1. The molecule has 1 saturated heterocycles. The molecule has 1 heterocycles. The molecule has 104 valence electrons. The molecule has 0 unspecified atom stereocenters. The van der Waals surface area contributed by atoms with Crippen LogP contribution in [-0.2, 0) is 14.4 Å². The summed E-state index contributed by atoms with van der Waals surface area (Å²) in [6.07, 6.45) is 2.20. The number of carboxylic acid groups (broad SMARTS) is 1. The molecule has 8 nitrogen and oxygen atoms in total. The molecule has 0 aromatic heterocycles. The lowest BCUT2D eigenvalue weighted by molar-refractivity contribution is -0.147. The van der Waals surface area contributed by atoms with Crippen LogP contribution in [0.4, 0.5) is 4.79 Å². The molecule has 0 aromatic carbocycles. The summed E-state index contributed by atoms with van der Waals surface area (Å²) in [5, 5.41) is 13.9. The Labute approximate surface area is 109 Å². The summed E-state index contributed by atoms with van der Waals surface area (Å²) in [7, 11) is 0. The summed E-state index contributed by atoms with van der Waals surface area (Å²) in [5.74, 6) is -2.19. The van der Waals surface area contributed by atoms with Gasteiger partial charge in [-0.3, -0.25) is 14.5 Å². The number of nitrogens with one attached hydrogen (secondary N) is 2. The first-order valence-corrected chi connectivity index (χ1v) is 6.07. The summed E-state index contributed by atoms with van der Waals surface area (Å²) in [5.41, 5.74) is -1.25. The predicted octanol–water partition coefficient (Wildman–Crippen LogP) is -0.948. The fourth-order valence-corrected chi connectivity index (χ4v) is 2.44. The number of carbonyl (C=O) groups excluding carboxylic acids is 3. The van der Waals surface area contributed by atoms with Crippen LogP contribution in [0.1, 0.15) is 25.7 Å². The first-order chi connectivity index (χ1) is 8.94. The molecular formula is C11H15N3O5. The average Bonchev–Trinajstić information content (AvgIpc) is 2.92. The van der Waals surface area contributed by atoms with E-state index in [-0.39, 0.29) is 6.54 Å². The van der Waals surface area contributed by atoms with Gasteiger partial charge in [0.25, 0.3) is 5.91 Å². The van der Waals surface area contributed by atoms with Gasteiger partial charge in [-0.25, -0.2) is 9.59 Å². The zero-order chi connectivity index (χ0) is 14.0. The van der Waals surface area contributed by atoms with E-state index in [9.17, 15) is 24.3 Å². The summed E-state index contributed by atoms with van der Waals surface area (Å²) in [6.45, 7) is -0.574. The Bertz CT molecular complexity index is 426. The van der Waals surface area contributed by atoms with Crippen molar-refractivity contribution in [3.63, 3.8) is 0 Å². The molecule has 1 aliphatic heterocycles. The highest BCUT2D eigenvalue weighted by atomic mass is 16.4. The molecular weight excluding hydrogens is 254 g/mol. The molecule has 2 aliphatic rings. The van der Waals surface area contributed by atoms with E-state index in [1.54, 1.807) is 0 Å². The number of hydrogen-bond acceptors (Lipinski definition) is 4. The van der Waals surface area contributed by atoms with Crippen LogP contribution >= 0.6 is 0 Å². The number of urea groups is 1. The third kappa shape index (κ3) is 2.51. The number of carboxylic acids is 1. The number of aliphatic carboxylic acids is 1. The molecule has 2 fully saturated rings. The topological polar surface area (TPSA) is 116 Å². The minimum absolute atomic E-state index is 0.129. The lowest BCUT2D eigenvalue weighted by Gasteiger charge is -2.26. The van der Waals surface area contributed by atoms with E-state index in [0.717, 1.165) is 17.7 Å². The normalized spacial score (nSPS) is 21.4. The van der Waals surface area contributed by atoms with Crippen molar-refractivity contribution >= 4 is 23.8 Å².